The van der Waals surface area contributed by atoms with Crippen molar-refractivity contribution in [3.05, 3.63) is 0 Å². The average molecular weight is 170 g/mol. The second kappa shape index (κ2) is 4.04. The fourth-order valence-corrected chi connectivity index (χ4v) is 1.92. The monoisotopic (exact) mass is 170 g/mol. The average Bonchev–Trinajstić information content (AvgIpc) is 2.04. The van der Waals surface area contributed by atoms with Crippen LogP contribution in [0.5, 0.6) is 0 Å². The highest BCUT2D eigenvalue weighted by atomic mass is 16.1. The molecule has 2 nitrogen and oxygen atoms in total. The number of rotatable bonds is 2. The summed E-state index contributed by atoms with van der Waals surface area (Å²) in [5.41, 5.74) is 4.02. The Labute approximate surface area is 74.5 Å². The first-order chi connectivity index (χ1) is 5.61. The summed E-state index contributed by atoms with van der Waals surface area (Å²) in [5, 5.41) is 0. The van der Waals surface area contributed by atoms with Crippen molar-refractivity contribution in [3.63, 3.8) is 0 Å². The summed E-state index contributed by atoms with van der Waals surface area (Å²) in [6, 6.07) is 0.598. The van der Waals surface area contributed by atoms with Crippen LogP contribution in [0.1, 0.15) is 39.5 Å². The van der Waals surface area contributed by atoms with Crippen LogP contribution in [0.4, 0.5) is 0 Å². The van der Waals surface area contributed by atoms with Gasteiger partial charge >= 0.3 is 0 Å². The molecule has 0 spiro atoms. The highest BCUT2D eigenvalue weighted by Crippen LogP contribution is 2.25. The van der Waals surface area contributed by atoms with Crippen LogP contribution in [0.2, 0.25) is 0 Å². The molecule has 1 aliphatic carbocycles. The van der Waals surface area contributed by atoms with Crippen LogP contribution in [0.25, 0.3) is 0 Å². The van der Waals surface area contributed by atoms with E-state index in [2.05, 4.69) is 5.73 Å². The molecule has 0 unspecified atom stereocenters. The van der Waals surface area contributed by atoms with Crippen LogP contribution in [0, 0.1) is 11.8 Å². The molecule has 1 fully saturated rings. The van der Waals surface area contributed by atoms with Gasteiger partial charge in [0.05, 0.1) is 6.04 Å². The zero-order valence-electron chi connectivity index (χ0n) is 8.18. The van der Waals surface area contributed by atoms with Gasteiger partial charge in [0.1, 0.15) is 5.78 Å². The summed E-state index contributed by atoms with van der Waals surface area (Å²) in [6.07, 6.45) is 4.43. The maximum Gasteiger partial charge on any atom is 0.138 e. The predicted molar refractivity (Wildman–Crippen MR) is 48.5 cm³/mol. The number of hydrogen-bond donors (Lipinski definition) is 1. The molecule has 1 rings (SSSR count). The normalized spacial score (nSPS) is 30.7. The molecule has 0 aromatic heterocycles. The van der Waals surface area contributed by atoms with Crippen molar-refractivity contribution in [2.24, 2.45) is 11.8 Å². The lowest BCUT2D eigenvalue weighted by Gasteiger charge is -2.24. The lowest BCUT2D eigenvalue weighted by atomic mass is 9.81. The minimum atomic E-state index is 0.219. The molecule has 0 heterocycles. The van der Waals surface area contributed by atoms with Crippen molar-refractivity contribution >= 4 is 5.78 Å². The van der Waals surface area contributed by atoms with E-state index < -0.39 is 0 Å². The lowest BCUT2D eigenvalue weighted by Crippen LogP contribution is -2.62. The molecule has 2 heteroatoms. The van der Waals surface area contributed by atoms with Crippen LogP contribution in [0.15, 0.2) is 0 Å². The highest BCUT2D eigenvalue weighted by molar-refractivity contribution is 5.82. The molecule has 1 aliphatic rings. The smallest absolute Gasteiger partial charge is 0.138 e. The fourth-order valence-electron chi connectivity index (χ4n) is 1.92. The minimum Gasteiger partial charge on any atom is -0.355 e. The van der Waals surface area contributed by atoms with Gasteiger partial charge in [0.25, 0.3) is 0 Å². The Morgan fingerprint density at radius 1 is 1.25 bits per heavy atom. The molecule has 1 saturated carbocycles. The molecule has 0 aromatic rings. The molecule has 0 amide bonds. The zero-order valence-corrected chi connectivity index (χ0v) is 8.18. The molecule has 0 bridgehead atoms. The van der Waals surface area contributed by atoms with Crippen LogP contribution in [-0.2, 0) is 4.79 Å². The van der Waals surface area contributed by atoms with Gasteiger partial charge in [-0.1, -0.05) is 13.8 Å². The van der Waals surface area contributed by atoms with Crippen molar-refractivity contribution in [2.45, 2.75) is 45.6 Å². The Kier molecular flexibility index (Phi) is 3.27. The Morgan fingerprint density at radius 2 is 1.75 bits per heavy atom. The van der Waals surface area contributed by atoms with E-state index in [-0.39, 0.29) is 5.92 Å². The number of carbonyl (C=O) groups is 1. The van der Waals surface area contributed by atoms with Crippen LogP contribution in [-0.4, -0.2) is 11.8 Å². The first-order valence-corrected chi connectivity index (χ1v) is 4.98. The second-order valence-corrected chi connectivity index (χ2v) is 4.27. The number of ketones is 1. The van der Waals surface area contributed by atoms with Crippen molar-refractivity contribution in [1.29, 1.82) is 0 Å². The Morgan fingerprint density at radius 3 is 2.17 bits per heavy atom. The van der Waals surface area contributed by atoms with E-state index in [1.807, 2.05) is 13.8 Å². The van der Waals surface area contributed by atoms with Gasteiger partial charge in [-0.3, -0.25) is 4.79 Å². The van der Waals surface area contributed by atoms with E-state index in [9.17, 15) is 4.79 Å². The maximum absolute atomic E-state index is 11.6. The molecular weight excluding hydrogens is 150 g/mol. The van der Waals surface area contributed by atoms with Gasteiger partial charge in [-0.15, -0.1) is 0 Å². The summed E-state index contributed by atoms with van der Waals surface area (Å²) >= 11 is 0. The lowest BCUT2D eigenvalue weighted by molar-refractivity contribution is -0.426. The van der Waals surface area contributed by atoms with Gasteiger partial charge in [-0.2, -0.15) is 0 Å². The topological polar surface area (TPSA) is 44.7 Å². The van der Waals surface area contributed by atoms with Crippen molar-refractivity contribution in [2.75, 3.05) is 0 Å². The zero-order chi connectivity index (χ0) is 9.14. The SMILES string of the molecule is CC(C)C(=O)C1CCC([NH3+])CC1. The summed E-state index contributed by atoms with van der Waals surface area (Å²) in [7, 11) is 0. The minimum absolute atomic E-state index is 0.219. The Balaban J connectivity index is 2.39. The third-order valence-electron chi connectivity index (χ3n) is 2.82. The first-order valence-electron chi connectivity index (χ1n) is 4.98. The van der Waals surface area contributed by atoms with Gasteiger partial charge in [-0.05, 0) is 25.7 Å². The van der Waals surface area contributed by atoms with E-state index in [1.54, 1.807) is 0 Å². The standard InChI is InChI=1S/C10H19NO/c1-7(2)10(12)8-3-5-9(11)6-4-8/h7-9H,3-6,11H2,1-2H3/p+1. The highest BCUT2D eigenvalue weighted by Gasteiger charge is 2.27. The summed E-state index contributed by atoms with van der Waals surface area (Å²) in [6.45, 7) is 4.00. The molecule has 3 N–H and O–H groups in total. The number of hydrogen-bond acceptors (Lipinski definition) is 1. The first kappa shape index (κ1) is 9.72. The third-order valence-corrected chi connectivity index (χ3v) is 2.82. The van der Waals surface area contributed by atoms with Crippen LogP contribution < -0.4 is 5.73 Å². The fraction of sp³-hybridized carbons (Fsp3) is 0.900. The Bertz CT molecular complexity index is 157. The van der Waals surface area contributed by atoms with E-state index in [0.29, 0.717) is 17.7 Å². The van der Waals surface area contributed by atoms with E-state index >= 15 is 0 Å². The Hall–Kier alpha value is -0.370. The van der Waals surface area contributed by atoms with Gasteiger partial charge in [0, 0.05) is 11.8 Å². The third kappa shape index (κ3) is 2.31. The van der Waals surface area contributed by atoms with Gasteiger partial charge < -0.3 is 5.73 Å². The summed E-state index contributed by atoms with van der Waals surface area (Å²) in [5.74, 6) is 1.03. The molecule has 70 valence electrons. The van der Waals surface area contributed by atoms with Crippen LogP contribution >= 0.6 is 0 Å². The number of quaternary nitrogens is 1. The van der Waals surface area contributed by atoms with Gasteiger partial charge in [0.15, 0.2) is 0 Å². The number of carbonyl (C=O) groups excluding carboxylic acids is 1. The molecule has 12 heavy (non-hydrogen) atoms. The summed E-state index contributed by atoms with van der Waals surface area (Å²) < 4.78 is 0. The molecular formula is C10H20NO+. The van der Waals surface area contributed by atoms with Crippen LogP contribution in [0.3, 0.4) is 0 Å². The van der Waals surface area contributed by atoms with Gasteiger partial charge in [0.2, 0.25) is 0 Å². The molecule has 0 radical (unpaired) electrons. The quantitative estimate of drug-likeness (QED) is 0.660. The van der Waals surface area contributed by atoms with E-state index in [0.717, 1.165) is 25.7 Å². The van der Waals surface area contributed by atoms with Crippen molar-refractivity contribution < 1.29 is 10.5 Å². The van der Waals surface area contributed by atoms with Gasteiger partial charge in [-0.25, -0.2) is 0 Å². The maximum atomic E-state index is 11.6. The molecule has 0 aliphatic heterocycles. The van der Waals surface area contributed by atoms with E-state index in [4.69, 9.17) is 0 Å². The van der Waals surface area contributed by atoms with E-state index in [1.165, 1.54) is 0 Å². The number of Topliss-reactive ketones (excluding diaryl/α,β-unsaturated/α-hetero) is 1. The predicted octanol–water partition coefficient (Wildman–Crippen LogP) is 1.01. The molecule has 0 atom stereocenters. The summed E-state index contributed by atoms with van der Waals surface area (Å²) in [4.78, 5) is 11.6. The molecule has 0 aromatic carbocycles. The second-order valence-electron chi connectivity index (χ2n) is 4.27. The van der Waals surface area contributed by atoms with Crippen molar-refractivity contribution in [3.8, 4) is 0 Å². The largest absolute Gasteiger partial charge is 0.355 e. The van der Waals surface area contributed by atoms with Crippen molar-refractivity contribution in [1.82, 2.24) is 0 Å². The molecule has 0 saturated heterocycles.